The molecule has 2 aromatic heterocycles. The fourth-order valence-electron chi connectivity index (χ4n) is 3.81. The number of hydrogen-bond acceptors (Lipinski definition) is 9. The Morgan fingerprint density at radius 3 is 2.70 bits per heavy atom. The van der Waals surface area contributed by atoms with E-state index in [0.29, 0.717) is 11.3 Å². The number of ether oxygens (including phenoxy) is 2. The van der Waals surface area contributed by atoms with Gasteiger partial charge in [-0.05, 0) is 49.6 Å². The molecule has 168 valence electrons. The molecule has 0 amide bonds. The van der Waals surface area contributed by atoms with Crippen LogP contribution in [-0.4, -0.2) is 27.7 Å². The highest BCUT2D eigenvalue weighted by Crippen LogP contribution is 2.34. The standard InChI is InChI=1S/C23H19N3O7/c27-22(13-30-16-9-10-20-18(11-16)17-3-1-2-4-19(17)32-20)31-12-21-24-25-23(33-21)14-5-7-15(8-6-14)26(28)29/h5-11H,1-4,12-13H2. The molecule has 1 aliphatic carbocycles. The molecule has 1 aliphatic rings. The molecular formula is C23H19N3O7. The third-order valence-electron chi connectivity index (χ3n) is 5.43. The van der Waals surface area contributed by atoms with Crippen LogP contribution in [0.25, 0.3) is 22.4 Å². The van der Waals surface area contributed by atoms with Crippen molar-refractivity contribution in [3.63, 3.8) is 0 Å². The summed E-state index contributed by atoms with van der Waals surface area (Å²) in [7, 11) is 0. The van der Waals surface area contributed by atoms with E-state index in [4.69, 9.17) is 18.3 Å². The molecule has 0 bridgehead atoms. The molecule has 0 radical (unpaired) electrons. The van der Waals surface area contributed by atoms with Gasteiger partial charge in [-0.3, -0.25) is 10.1 Å². The number of furan rings is 1. The van der Waals surface area contributed by atoms with Crippen LogP contribution in [-0.2, 0) is 29.0 Å². The minimum Gasteiger partial charge on any atom is -0.482 e. The van der Waals surface area contributed by atoms with E-state index in [1.807, 2.05) is 12.1 Å². The minimum absolute atomic E-state index is 0.0424. The summed E-state index contributed by atoms with van der Waals surface area (Å²) in [5.41, 5.74) is 2.53. The fourth-order valence-corrected chi connectivity index (χ4v) is 3.81. The molecule has 0 spiro atoms. The molecule has 2 heterocycles. The molecule has 0 fully saturated rings. The number of nitrogens with zero attached hydrogens (tertiary/aromatic N) is 3. The molecule has 33 heavy (non-hydrogen) atoms. The topological polar surface area (TPSA) is 131 Å². The van der Waals surface area contributed by atoms with Crippen molar-refractivity contribution in [2.24, 2.45) is 0 Å². The van der Waals surface area contributed by atoms with Crippen LogP contribution in [0.2, 0.25) is 0 Å². The predicted molar refractivity (Wildman–Crippen MR) is 115 cm³/mol. The molecule has 0 unspecified atom stereocenters. The number of carbonyl (C=O) groups excluding carboxylic acids is 1. The smallest absolute Gasteiger partial charge is 0.344 e. The Kier molecular flexibility index (Phi) is 5.47. The summed E-state index contributed by atoms with van der Waals surface area (Å²) in [6, 6.07) is 11.2. The van der Waals surface area contributed by atoms with Gasteiger partial charge in [0.25, 0.3) is 11.6 Å². The molecule has 0 saturated carbocycles. The first-order chi connectivity index (χ1) is 16.1. The number of hydrogen-bond donors (Lipinski definition) is 0. The van der Waals surface area contributed by atoms with E-state index in [1.54, 1.807) is 6.07 Å². The van der Waals surface area contributed by atoms with Crippen molar-refractivity contribution in [1.82, 2.24) is 10.2 Å². The summed E-state index contributed by atoms with van der Waals surface area (Å²) < 4.78 is 22.1. The number of benzene rings is 2. The molecule has 10 nitrogen and oxygen atoms in total. The van der Waals surface area contributed by atoms with Gasteiger partial charge in [-0.1, -0.05) is 0 Å². The lowest BCUT2D eigenvalue weighted by Gasteiger charge is -2.09. The summed E-state index contributed by atoms with van der Waals surface area (Å²) in [5, 5.41) is 19.5. The Balaban J connectivity index is 1.16. The van der Waals surface area contributed by atoms with Crippen LogP contribution in [0.1, 0.15) is 30.1 Å². The van der Waals surface area contributed by atoms with E-state index in [-0.39, 0.29) is 30.7 Å². The number of fused-ring (bicyclic) bond motifs is 3. The number of rotatable bonds is 7. The monoisotopic (exact) mass is 449 g/mol. The Labute approximate surface area is 187 Å². The lowest BCUT2D eigenvalue weighted by atomic mass is 9.96. The first-order valence-electron chi connectivity index (χ1n) is 10.5. The van der Waals surface area contributed by atoms with Gasteiger partial charge in [0, 0.05) is 35.1 Å². The van der Waals surface area contributed by atoms with Gasteiger partial charge >= 0.3 is 5.97 Å². The highest BCUT2D eigenvalue weighted by atomic mass is 16.6. The Morgan fingerprint density at radius 2 is 1.88 bits per heavy atom. The fraction of sp³-hybridized carbons (Fsp3) is 0.261. The van der Waals surface area contributed by atoms with Crippen molar-refractivity contribution in [3.8, 4) is 17.2 Å². The molecule has 0 N–H and O–H groups in total. The molecular weight excluding hydrogens is 430 g/mol. The summed E-state index contributed by atoms with van der Waals surface area (Å²) in [6.07, 6.45) is 4.21. The highest BCUT2D eigenvalue weighted by molar-refractivity contribution is 5.84. The quantitative estimate of drug-likeness (QED) is 0.229. The predicted octanol–water partition coefficient (Wildman–Crippen LogP) is 4.39. The molecule has 2 aromatic carbocycles. The van der Waals surface area contributed by atoms with Gasteiger partial charge in [0.15, 0.2) is 13.2 Å². The van der Waals surface area contributed by atoms with E-state index >= 15 is 0 Å². The van der Waals surface area contributed by atoms with Gasteiger partial charge < -0.3 is 18.3 Å². The number of aromatic nitrogens is 2. The second-order valence-electron chi connectivity index (χ2n) is 7.62. The average molecular weight is 449 g/mol. The second-order valence-corrected chi connectivity index (χ2v) is 7.62. The number of non-ortho nitro benzene ring substituents is 1. The maximum absolute atomic E-state index is 12.1. The van der Waals surface area contributed by atoms with Crippen molar-refractivity contribution in [2.45, 2.75) is 32.3 Å². The molecule has 10 heteroatoms. The normalized spacial score (nSPS) is 13.0. The molecule has 5 rings (SSSR count). The number of nitro benzene ring substituents is 1. The largest absolute Gasteiger partial charge is 0.482 e. The van der Waals surface area contributed by atoms with E-state index in [0.717, 1.165) is 42.4 Å². The van der Waals surface area contributed by atoms with Crippen LogP contribution < -0.4 is 4.74 Å². The molecule has 0 aliphatic heterocycles. The number of carbonyl (C=O) groups is 1. The van der Waals surface area contributed by atoms with Crippen molar-refractivity contribution in [3.05, 3.63) is 69.8 Å². The van der Waals surface area contributed by atoms with Crippen LogP contribution in [0.5, 0.6) is 5.75 Å². The lowest BCUT2D eigenvalue weighted by molar-refractivity contribution is -0.384. The van der Waals surface area contributed by atoms with Gasteiger partial charge in [0.1, 0.15) is 17.1 Å². The third kappa shape index (κ3) is 4.40. The first-order valence-corrected chi connectivity index (χ1v) is 10.5. The van der Waals surface area contributed by atoms with E-state index < -0.39 is 10.9 Å². The van der Waals surface area contributed by atoms with Crippen LogP contribution in [0, 0.1) is 10.1 Å². The number of aryl methyl sites for hydroxylation is 2. The van der Waals surface area contributed by atoms with Crippen molar-refractivity contribution < 1.29 is 28.0 Å². The van der Waals surface area contributed by atoms with Crippen molar-refractivity contribution >= 4 is 22.6 Å². The van der Waals surface area contributed by atoms with E-state index in [2.05, 4.69) is 10.2 Å². The minimum atomic E-state index is -0.584. The average Bonchev–Trinajstić information content (AvgIpc) is 3.46. The van der Waals surface area contributed by atoms with E-state index in [1.165, 1.54) is 29.8 Å². The van der Waals surface area contributed by atoms with Gasteiger partial charge in [-0.15, -0.1) is 10.2 Å². The van der Waals surface area contributed by atoms with Crippen molar-refractivity contribution in [1.29, 1.82) is 0 Å². The molecule has 4 aromatic rings. The highest BCUT2D eigenvalue weighted by Gasteiger charge is 2.18. The van der Waals surface area contributed by atoms with Gasteiger partial charge in [-0.25, -0.2) is 4.79 Å². The summed E-state index contributed by atoms with van der Waals surface area (Å²) in [6.45, 7) is -0.481. The van der Waals surface area contributed by atoms with E-state index in [9.17, 15) is 14.9 Å². The second kappa shape index (κ2) is 8.73. The first kappa shape index (κ1) is 20.7. The third-order valence-corrected chi connectivity index (χ3v) is 5.43. The lowest BCUT2D eigenvalue weighted by Crippen LogP contribution is -2.14. The zero-order valence-corrected chi connectivity index (χ0v) is 17.5. The van der Waals surface area contributed by atoms with Crippen LogP contribution in [0.3, 0.4) is 0 Å². The van der Waals surface area contributed by atoms with Crippen LogP contribution >= 0.6 is 0 Å². The SMILES string of the molecule is O=C(COc1ccc2oc3c(c2c1)CCCC3)OCc1nnc(-c2ccc([N+](=O)[O-])cc2)o1. The van der Waals surface area contributed by atoms with Gasteiger partial charge in [0.05, 0.1) is 4.92 Å². The van der Waals surface area contributed by atoms with Crippen LogP contribution in [0.4, 0.5) is 5.69 Å². The molecule has 0 atom stereocenters. The zero-order valence-electron chi connectivity index (χ0n) is 17.5. The van der Waals surface area contributed by atoms with Gasteiger partial charge in [0.2, 0.25) is 5.89 Å². The summed E-state index contributed by atoms with van der Waals surface area (Å²) in [5.74, 6) is 1.29. The zero-order chi connectivity index (χ0) is 22.8. The maximum atomic E-state index is 12.1. The maximum Gasteiger partial charge on any atom is 0.344 e. The van der Waals surface area contributed by atoms with Crippen molar-refractivity contribution in [2.75, 3.05) is 6.61 Å². The number of nitro groups is 1. The molecule has 0 saturated heterocycles. The van der Waals surface area contributed by atoms with Crippen LogP contribution in [0.15, 0.2) is 51.3 Å². The Bertz CT molecular complexity index is 1320. The number of esters is 1. The Hall–Kier alpha value is -4.21. The summed E-state index contributed by atoms with van der Waals surface area (Å²) >= 11 is 0. The Morgan fingerprint density at radius 1 is 1.06 bits per heavy atom. The van der Waals surface area contributed by atoms with Gasteiger partial charge in [-0.2, -0.15) is 0 Å². The summed E-state index contributed by atoms with van der Waals surface area (Å²) in [4.78, 5) is 22.3.